The molecular weight excluding hydrogens is 364 g/mol. The SMILES string of the molecule is O=C(CCC(=O)c1ccc(Cl)cc1)NCc1cccnc1OC1CCCC1. The van der Waals surface area contributed by atoms with Crippen molar-refractivity contribution in [2.45, 2.75) is 51.2 Å². The quantitative estimate of drug-likeness (QED) is 0.685. The highest BCUT2D eigenvalue weighted by molar-refractivity contribution is 6.30. The van der Waals surface area contributed by atoms with Crippen LogP contribution in [0.25, 0.3) is 0 Å². The summed E-state index contributed by atoms with van der Waals surface area (Å²) < 4.78 is 5.98. The lowest BCUT2D eigenvalue weighted by molar-refractivity contribution is -0.121. The first kappa shape index (κ1) is 19.4. The molecule has 0 atom stereocenters. The van der Waals surface area contributed by atoms with Crippen molar-refractivity contribution in [2.24, 2.45) is 0 Å². The molecule has 1 N–H and O–H groups in total. The lowest BCUT2D eigenvalue weighted by Gasteiger charge is -2.15. The Morgan fingerprint density at radius 2 is 1.85 bits per heavy atom. The monoisotopic (exact) mass is 386 g/mol. The zero-order valence-electron chi connectivity index (χ0n) is 15.1. The lowest BCUT2D eigenvalue weighted by atomic mass is 10.1. The Kier molecular flexibility index (Phi) is 6.82. The van der Waals surface area contributed by atoms with E-state index >= 15 is 0 Å². The van der Waals surface area contributed by atoms with E-state index < -0.39 is 0 Å². The fraction of sp³-hybridized carbons (Fsp3) is 0.381. The van der Waals surface area contributed by atoms with Gasteiger partial charge in [-0.15, -0.1) is 0 Å². The molecule has 142 valence electrons. The number of nitrogens with one attached hydrogen (secondary N) is 1. The summed E-state index contributed by atoms with van der Waals surface area (Å²) in [5.41, 5.74) is 1.41. The van der Waals surface area contributed by atoms with Gasteiger partial charge in [-0.3, -0.25) is 9.59 Å². The largest absolute Gasteiger partial charge is 0.474 e. The maximum Gasteiger partial charge on any atom is 0.220 e. The summed E-state index contributed by atoms with van der Waals surface area (Å²) in [4.78, 5) is 28.5. The zero-order valence-corrected chi connectivity index (χ0v) is 15.9. The van der Waals surface area contributed by atoms with Crippen LogP contribution in [-0.2, 0) is 11.3 Å². The number of nitrogens with zero attached hydrogens (tertiary/aromatic N) is 1. The van der Waals surface area contributed by atoms with Crippen LogP contribution >= 0.6 is 11.6 Å². The average molecular weight is 387 g/mol. The van der Waals surface area contributed by atoms with E-state index in [0.717, 1.165) is 18.4 Å². The van der Waals surface area contributed by atoms with Crippen molar-refractivity contribution in [3.8, 4) is 5.88 Å². The van der Waals surface area contributed by atoms with E-state index in [0.29, 0.717) is 23.0 Å². The zero-order chi connectivity index (χ0) is 19.1. The molecule has 5 nitrogen and oxygen atoms in total. The third-order valence-electron chi connectivity index (χ3n) is 4.65. The van der Waals surface area contributed by atoms with Crippen molar-refractivity contribution in [1.29, 1.82) is 0 Å². The molecule has 0 saturated heterocycles. The summed E-state index contributed by atoms with van der Waals surface area (Å²) in [5, 5.41) is 3.43. The number of benzene rings is 1. The summed E-state index contributed by atoms with van der Waals surface area (Å²) in [6.45, 7) is 0.337. The van der Waals surface area contributed by atoms with Crippen LogP contribution in [0, 0.1) is 0 Å². The van der Waals surface area contributed by atoms with Gasteiger partial charge in [0.15, 0.2) is 5.78 Å². The maximum atomic E-state index is 12.1. The van der Waals surface area contributed by atoms with Crippen LogP contribution in [0.4, 0.5) is 0 Å². The Balaban J connectivity index is 1.47. The van der Waals surface area contributed by atoms with Gasteiger partial charge in [0.1, 0.15) is 6.10 Å². The molecule has 27 heavy (non-hydrogen) atoms. The molecule has 0 spiro atoms. The van der Waals surface area contributed by atoms with Crippen LogP contribution in [0.2, 0.25) is 5.02 Å². The molecule has 1 aliphatic rings. The number of carbonyl (C=O) groups excluding carboxylic acids is 2. The number of Topliss-reactive ketones (excluding diaryl/α,β-unsaturated/α-hetero) is 1. The van der Waals surface area contributed by atoms with Crippen LogP contribution in [0.1, 0.15) is 54.4 Å². The molecule has 0 unspecified atom stereocenters. The van der Waals surface area contributed by atoms with Gasteiger partial charge in [0.2, 0.25) is 11.8 Å². The first-order chi connectivity index (χ1) is 13.1. The standard InChI is InChI=1S/C21H23ClN2O3/c22-17-9-7-15(8-10-17)19(25)11-12-20(26)24-14-16-4-3-13-23-21(16)27-18-5-1-2-6-18/h3-4,7-10,13,18H,1-2,5-6,11-12,14H2,(H,24,26). The molecule has 3 rings (SSSR count). The smallest absolute Gasteiger partial charge is 0.220 e. The summed E-state index contributed by atoms with van der Waals surface area (Å²) in [6.07, 6.45) is 6.68. The second kappa shape index (κ2) is 9.51. The van der Waals surface area contributed by atoms with E-state index in [4.69, 9.17) is 16.3 Å². The molecule has 1 aliphatic carbocycles. The first-order valence-electron chi connectivity index (χ1n) is 9.28. The minimum Gasteiger partial charge on any atom is -0.474 e. The summed E-state index contributed by atoms with van der Waals surface area (Å²) >= 11 is 5.82. The summed E-state index contributed by atoms with van der Waals surface area (Å²) in [6, 6.07) is 10.4. The van der Waals surface area contributed by atoms with Crippen molar-refractivity contribution in [1.82, 2.24) is 10.3 Å². The Labute approximate surface area is 164 Å². The predicted molar refractivity (Wildman–Crippen MR) is 104 cm³/mol. The van der Waals surface area contributed by atoms with Gasteiger partial charge in [0, 0.05) is 41.7 Å². The molecule has 0 aliphatic heterocycles. The number of ketones is 1. The van der Waals surface area contributed by atoms with Gasteiger partial charge in [-0.2, -0.15) is 0 Å². The van der Waals surface area contributed by atoms with Crippen molar-refractivity contribution in [3.63, 3.8) is 0 Å². The molecule has 1 aromatic carbocycles. The second-order valence-electron chi connectivity index (χ2n) is 6.70. The second-order valence-corrected chi connectivity index (χ2v) is 7.14. The van der Waals surface area contributed by atoms with Crippen LogP contribution in [0.5, 0.6) is 5.88 Å². The average Bonchev–Trinajstić information content (AvgIpc) is 3.19. The predicted octanol–water partition coefficient (Wildman–Crippen LogP) is 4.34. The number of amides is 1. The molecule has 1 saturated carbocycles. The number of pyridine rings is 1. The normalized spacial score (nSPS) is 14.1. The molecule has 0 bridgehead atoms. The molecule has 1 aromatic heterocycles. The van der Waals surface area contributed by atoms with Crippen molar-refractivity contribution < 1.29 is 14.3 Å². The van der Waals surface area contributed by atoms with Crippen molar-refractivity contribution in [2.75, 3.05) is 0 Å². The highest BCUT2D eigenvalue weighted by Crippen LogP contribution is 2.25. The third kappa shape index (κ3) is 5.79. The van der Waals surface area contributed by atoms with Gasteiger partial charge in [-0.25, -0.2) is 4.98 Å². The molecule has 1 heterocycles. The fourth-order valence-corrected chi connectivity index (χ4v) is 3.24. The van der Waals surface area contributed by atoms with Gasteiger partial charge in [-0.1, -0.05) is 17.7 Å². The molecular formula is C21H23ClN2O3. The molecule has 1 amide bonds. The number of carbonyl (C=O) groups is 2. The first-order valence-corrected chi connectivity index (χ1v) is 9.65. The van der Waals surface area contributed by atoms with Gasteiger partial charge >= 0.3 is 0 Å². The Morgan fingerprint density at radius 3 is 2.59 bits per heavy atom. The highest BCUT2D eigenvalue weighted by Gasteiger charge is 2.18. The molecule has 0 radical (unpaired) electrons. The lowest BCUT2D eigenvalue weighted by Crippen LogP contribution is -2.24. The fourth-order valence-electron chi connectivity index (χ4n) is 3.12. The Bertz CT molecular complexity index is 786. The number of ether oxygens (including phenoxy) is 1. The highest BCUT2D eigenvalue weighted by atomic mass is 35.5. The van der Waals surface area contributed by atoms with Crippen LogP contribution in [-0.4, -0.2) is 22.8 Å². The number of halogens is 1. The van der Waals surface area contributed by atoms with E-state index in [1.54, 1.807) is 30.5 Å². The van der Waals surface area contributed by atoms with E-state index in [-0.39, 0.29) is 30.6 Å². The van der Waals surface area contributed by atoms with Crippen LogP contribution in [0.15, 0.2) is 42.6 Å². The van der Waals surface area contributed by atoms with E-state index in [1.807, 2.05) is 12.1 Å². The Morgan fingerprint density at radius 1 is 1.11 bits per heavy atom. The summed E-state index contributed by atoms with van der Waals surface area (Å²) in [7, 11) is 0. The number of aromatic nitrogens is 1. The van der Waals surface area contributed by atoms with Crippen molar-refractivity contribution >= 4 is 23.3 Å². The van der Waals surface area contributed by atoms with Crippen molar-refractivity contribution in [3.05, 3.63) is 58.7 Å². The summed E-state index contributed by atoms with van der Waals surface area (Å²) in [5.74, 6) is 0.336. The van der Waals surface area contributed by atoms with Crippen LogP contribution < -0.4 is 10.1 Å². The van der Waals surface area contributed by atoms with Gasteiger partial charge < -0.3 is 10.1 Å². The molecule has 1 fully saturated rings. The third-order valence-corrected chi connectivity index (χ3v) is 4.90. The molecule has 6 heteroatoms. The van der Waals surface area contributed by atoms with Gasteiger partial charge in [0.05, 0.1) is 0 Å². The van der Waals surface area contributed by atoms with Crippen LogP contribution in [0.3, 0.4) is 0 Å². The number of hydrogen-bond acceptors (Lipinski definition) is 4. The minimum absolute atomic E-state index is 0.0755. The minimum atomic E-state index is -0.173. The maximum absolute atomic E-state index is 12.1. The topological polar surface area (TPSA) is 68.3 Å². The van der Waals surface area contributed by atoms with Gasteiger partial charge in [-0.05, 0) is 56.0 Å². The number of rotatable bonds is 8. The Hall–Kier alpha value is -2.40. The molecule has 2 aromatic rings. The van der Waals surface area contributed by atoms with E-state index in [2.05, 4.69) is 10.3 Å². The van der Waals surface area contributed by atoms with Gasteiger partial charge in [0.25, 0.3) is 0 Å². The number of hydrogen-bond donors (Lipinski definition) is 1. The van der Waals surface area contributed by atoms with E-state index in [9.17, 15) is 9.59 Å². The van der Waals surface area contributed by atoms with E-state index in [1.165, 1.54) is 12.8 Å².